The van der Waals surface area contributed by atoms with Crippen LogP contribution in [0.15, 0.2) is 48.5 Å². The Kier molecular flexibility index (Phi) is 3.89. The summed E-state index contributed by atoms with van der Waals surface area (Å²) in [5.41, 5.74) is 5.90. The van der Waals surface area contributed by atoms with Crippen LogP contribution >= 0.6 is 0 Å². The van der Waals surface area contributed by atoms with Gasteiger partial charge in [0.15, 0.2) is 11.6 Å². The molecule has 94 valence electrons. The highest BCUT2D eigenvalue weighted by atomic mass is 19.2. The fourth-order valence-electron chi connectivity index (χ4n) is 1.60. The molecule has 2 rings (SSSR count). The molecule has 0 heterocycles. The van der Waals surface area contributed by atoms with E-state index in [9.17, 15) is 8.78 Å². The zero-order valence-electron chi connectivity index (χ0n) is 9.64. The molecular formula is C14H13F2NO. The maximum atomic E-state index is 13.5. The van der Waals surface area contributed by atoms with Crippen LogP contribution in [0.3, 0.4) is 0 Å². The lowest BCUT2D eigenvalue weighted by Gasteiger charge is -2.14. The molecule has 2 aromatic rings. The van der Waals surface area contributed by atoms with E-state index in [1.807, 2.05) is 18.2 Å². The predicted molar refractivity (Wildman–Crippen MR) is 65.2 cm³/mol. The lowest BCUT2D eigenvalue weighted by atomic mass is 10.1. The third kappa shape index (κ3) is 2.84. The second kappa shape index (κ2) is 5.60. The van der Waals surface area contributed by atoms with E-state index in [1.54, 1.807) is 12.1 Å². The number of hydrogen-bond acceptors (Lipinski definition) is 2. The van der Waals surface area contributed by atoms with Crippen molar-refractivity contribution in [3.8, 4) is 5.75 Å². The lowest BCUT2D eigenvalue weighted by molar-refractivity contribution is 0.286. The quantitative estimate of drug-likeness (QED) is 0.903. The molecule has 0 fully saturated rings. The van der Waals surface area contributed by atoms with Gasteiger partial charge >= 0.3 is 0 Å². The summed E-state index contributed by atoms with van der Waals surface area (Å²) in [6, 6.07) is 12.3. The second-order valence-electron chi connectivity index (χ2n) is 3.87. The van der Waals surface area contributed by atoms with Gasteiger partial charge in [0, 0.05) is 5.56 Å². The van der Waals surface area contributed by atoms with Crippen LogP contribution in [0.2, 0.25) is 0 Å². The average molecular weight is 249 g/mol. The van der Waals surface area contributed by atoms with Crippen LogP contribution in [0.5, 0.6) is 5.75 Å². The molecule has 0 radical (unpaired) electrons. The maximum Gasteiger partial charge on any atom is 0.163 e. The van der Waals surface area contributed by atoms with Gasteiger partial charge in [-0.2, -0.15) is 0 Å². The van der Waals surface area contributed by atoms with Gasteiger partial charge in [-0.1, -0.05) is 30.3 Å². The molecule has 2 aromatic carbocycles. The monoisotopic (exact) mass is 249 g/mol. The highest BCUT2D eigenvalue weighted by Crippen LogP contribution is 2.19. The zero-order chi connectivity index (χ0) is 13.0. The molecule has 2 nitrogen and oxygen atoms in total. The van der Waals surface area contributed by atoms with Gasteiger partial charge in [0.05, 0.1) is 6.04 Å². The van der Waals surface area contributed by atoms with Crippen molar-refractivity contribution < 1.29 is 13.5 Å². The van der Waals surface area contributed by atoms with Gasteiger partial charge in [-0.15, -0.1) is 0 Å². The van der Waals surface area contributed by atoms with Crippen LogP contribution in [-0.2, 0) is 0 Å². The molecule has 0 aliphatic heterocycles. The number of benzene rings is 2. The summed E-state index contributed by atoms with van der Waals surface area (Å²) in [7, 11) is 0. The summed E-state index contributed by atoms with van der Waals surface area (Å²) in [5.74, 6) is -1.17. The molecule has 0 aliphatic carbocycles. The zero-order valence-corrected chi connectivity index (χ0v) is 9.64. The van der Waals surface area contributed by atoms with Gasteiger partial charge in [0.1, 0.15) is 12.4 Å². The normalized spacial score (nSPS) is 12.2. The van der Waals surface area contributed by atoms with Gasteiger partial charge in [0.25, 0.3) is 0 Å². The number of para-hydroxylation sites is 1. The molecule has 0 amide bonds. The Morgan fingerprint density at radius 3 is 2.44 bits per heavy atom. The summed E-state index contributed by atoms with van der Waals surface area (Å²) >= 11 is 0. The Labute approximate surface area is 104 Å². The van der Waals surface area contributed by atoms with E-state index in [1.165, 1.54) is 12.1 Å². The maximum absolute atomic E-state index is 13.5. The fourth-order valence-corrected chi connectivity index (χ4v) is 1.60. The van der Waals surface area contributed by atoms with Crippen molar-refractivity contribution in [1.82, 2.24) is 0 Å². The molecule has 0 saturated carbocycles. The van der Waals surface area contributed by atoms with Crippen LogP contribution in [0.1, 0.15) is 11.6 Å². The van der Waals surface area contributed by atoms with Crippen molar-refractivity contribution in [2.75, 3.05) is 6.61 Å². The molecule has 1 unspecified atom stereocenters. The number of nitrogens with two attached hydrogens (primary N) is 1. The smallest absolute Gasteiger partial charge is 0.163 e. The van der Waals surface area contributed by atoms with E-state index in [4.69, 9.17) is 10.5 Å². The van der Waals surface area contributed by atoms with Crippen molar-refractivity contribution in [2.24, 2.45) is 5.73 Å². The Morgan fingerprint density at radius 2 is 1.72 bits per heavy atom. The number of rotatable bonds is 4. The summed E-state index contributed by atoms with van der Waals surface area (Å²) < 4.78 is 31.9. The van der Waals surface area contributed by atoms with Gasteiger partial charge in [0.2, 0.25) is 0 Å². The Hall–Kier alpha value is -1.94. The van der Waals surface area contributed by atoms with Crippen molar-refractivity contribution in [3.05, 3.63) is 65.7 Å². The van der Waals surface area contributed by atoms with E-state index in [0.717, 1.165) is 6.07 Å². The van der Waals surface area contributed by atoms with E-state index in [2.05, 4.69) is 0 Å². The summed E-state index contributed by atoms with van der Waals surface area (Å²) in [6.07, 6.45) is 0. The first-order chi connectivity index (χ1) is 8.68. The SMILES string of the molecule is NC(COc1ccccc1)c1cccc(F)c1F. The molecule has 0 aliphatic rings. The molecule has 18 heavy (non-hydrogen) atoms. The topological polar surface area (TPSA) is 35.2 Å². The molecular weight excluding hydrogens is 236 g/mol. The number of ether oxygens (including phenoxy) is 1. The fraction of sp³-hybridized carbons (Fsp3) is 0.143. The average Bonchev–Trinajstić information content (AvgIpc) is 2.40. The van der Waals surface area contributed by atoms with Crippen LogP contribution < -0.4 is 10.5 Å². The number of hydrogen-bond donors (Lipinski definition) is 1. The number of halogens is 2. The minimum Gasteiger partial charge on any atom is -0.492 e. The second-order valence-corrected chi connectivity index (χ2v) is 3.87. The van der Waals surface area contributed by atoms with Crippen LogP contribution in [0, 0.1) is 11.6 Å². The molecule has 4 heteroatoms. The van der Waals surface area contributed by atoms with Crippen LogP contribution in [0.25, 0.3) is 0 Å². The molecule has 2 N–H and O–H groups in total. The molecule has 0 aromatic heterocycles. The van der Waals surface area contributed by atoms with Crippen molar-refractivity contribution in [3.63, 3.8) is 0 Å². The lowest BCUT2D eigenvalue weighted by Crippen LogP contribution is -2.20. The molecule has 0 saturated heterocycles. The van der Waals surface area contributed by atoms with E-state index < -0.39 is 17.7 Å². The predicted octanol–water partition coefficient (Wildman–Crippen LogP) is 3.04. The van der Waals surface area contributed by atoms with Gasteiger partial charge in [-0.25, -0.2) is 8.78 Å². The van der Waals surface area contributed by atoms with Gasteiger partial charge in [-0.3, -0.25) is 0 Å². The Bertz CT molecular complexity index is 516. The Morgan fingerprint density at radius 1 is 1.00 bits per heavy atom. The molecule has 1 atom stereocenters. The van der Waals surface area contributed by atoms with E-state index >= 15 is 0 Å². The largest absolute Gasteiger partial charge is 0.492 e. The molecule has 0 spiro atoms. The van der Waals surface area contributed by atoms with Crippen molar-refractivity contribution in [1.29, 1.82) is 0 Å². The first-order valence-corrected chi connectivity index (χ1v) is 5.56. The Balaban J connectivity index is 2.04. The first-order valence-electron chi connectivity index (χ1n) is 5.56. The highest BCUT2D eigenvalue weighted by molar-refractivity contribution is 5.24. The van der Waals surface area contributed by atoms with Crippen molar-refractivity contribution in [2.45, 2.75) is 6.04 Å². The van der Waals surface area contributed by atoms with E-state index in [-0.39, 0.29) is 12.2 Å². The van der Waals surface area contributed by atoms with Crippen molar-refractivity contribution >= 4 is 0 Å². The first kappa shape index (κ1) is 12.5. The van der Waals surface area contributed by atoms with Gasteiger partial charge < -0.3 is 10.5 Å². The standard InChI is InChI=1S/C14H13F2NO/c15-12-8-4-7-11(14(12)16)13(17)9-18-10-5-2-1-3-6-10/h1-8,13H,9,17H2. The van der Waals surface area contributed by atoms with Crippen LogP contribution in [0.4, 0.5) is 8.78 Å². The summed E-state index contributed by atoms with van der Waals surface area (Å²) in [4.78, 5) is 0. The summed E-state index contributed by atoms with van der Waals surface area (Å²) in [6.45, 7) is 0.0877. The molecule has 0 bridgehead atoms. The minimum atomic E-state index is -0.915. The minimum absolute atomic E-state index is 0.0877. The highest BCUT2D eigenvalue weighted by Gasteiger charge is 2.15. The summed E-state index contributed by atoms with van der Waals surface area (Å²) in [5, 5.41) is 0. The van der Waals surface area contributed by atoms with E-state index in [0.29, 0.717) is 5.75 Å². The van der Waals surface area contributed by atoms with Crippen LogP contribution in [-0.4, -0.2) is 6.61 Å². The third-order valence-corrected chi connectivity index (χ3v) is 2.55. The van der Waals surface area contributed by atoms with Gasteiger partial charge in [-0.05, 0) is 18.2 Å². The third-order valence-electron chi connectivity index (χ3n) is 2.55.